The van der Waals surface area contributed by atoms with Crippen LogP contribution in [0.25, 0.3) is 0 Å². The molecule has 0 aliphatic rings. The van der Waals surface area contributed by atoms with Gasteiger partial charge in [0, 0.05) is 7.05 Å². The summed E-state index contributed by atoms with van der Waals surface area (Å²) >= 11 is 0.625. The van der Waals surface area contributed by atoms with E-state index in [-0.39, 0.29) is 5.16 Å². The number of halogens is 3. The summed E-state index contributed by atoms with van der Waals surface area (Å²) in [5.74, 6) is -0.931. The van der Waals surface area contributed by atoms with E-state index in [0.717, 1.165) is 0 Å². The van der Waals surface area contributed by atoms with Crippen molar-refractivity contribution in [2.45, 2.75) is 11.3 Å². The molecule has 0 aliphatic carbocycles. The Balaban J connectivity index is 2.49. The third-order valence-corrected chi connectivity index (χ3v) is 2.13. The van der Waals surface area contributed by atoms with E-state index in [0.29, 0.717) is 11.8 Å². The van der Waals surface area contributed by atoms with Crippen LogP contribution in [0.5, 0.6) is 0 Å². The summed E-state index contributed by atoms with van der Waals surface area (Å²) in [5.41, 5.74) is 0. The Morgan fingerprint density at radius 1 is 1.58 bits per heavy atom. The highest BCUT2D eigenvalue weighted by molar-refractivity contribution is 7.99. The van der Waals surface area contributed by atoms with Gasteiger partial charge in [0.15, 0.2) is 5.16 Å². The number of hydrogen-bond donors (Lipinski definition) is 0. The first-order valence-corrected chi connectivity index (χ1v) is 4.01. The molecule has 0 saturated carbocycles. The summed E-state index contributed by atoms with van der Waals surface area (Å²) in [6.07, 6.45) is -2.80. The van der Waals surface area contributed by atoms with Crippen molar-refractivity contribution in [2.24, 2.45) is 7.05 Å². The van der Waals surface area contributed by atoms with E-state index in [2.05, 4.69) is 10.2 Å². The molecular formula is C5H6F3N3S. The second-order valence-electron chi connectivity index (χ2n) is 2.13. The van der Waals surface area contributed by atoms with Crippen molar-refractivity contribution < 1.29 is 13.2 Å². The molecule has 0 bridgehead atoms. The van der Waals surface area contributed by atoms with Crippen molar-refractivity contribution in [3.05, 3.63) is 6.33 Å². The SMILES string of the molecule is Cn1cnnc1SCC(F)(F)F. The highest BCUT2D eigenvalue weighted by atomic mass is 32.2. The summed E-state index contributed by atoms with van der Waals surface area (Å²) in [6, 6.07) is 0. The molecule has 0 unspecified atom stereocenters. The molecule has 0 aromatic carbocycles. The van der Waals surface area contributed by atoms with Gasteiger partial charge in [0.1, 0.15) is 6.33 Å². The van der Waals surface area contributed by atoms with Crippen LogP contribution in [0.2, 0.25) is 0 Å². The fourth-order valence-electron chi connectivity index (χ4n) is 0.550. The van der Waals surface area contributed by atoms with E-state index < -0.39 is 11.9 Å². The Labute approximate surface area is 71.0 Å². The van der Waals surface area contributed by atoms with Crippen molar-refractivity contribution in [2.75, 3.05) is 5.75 Å². The van der Waals surface area contributed by atoms with E-state index in [9.17, 15) is 13.2 Å². The van der Waals surface area contributed by atoms with Crippen molar-refractivity contribution >= 4 is 11.8 Å². The fourth-order valence-corrected chi connectivity index (χ4v) is 1.20. The van der Waals surface area contributed by atoms with E-state index >= 15 is 0 Å². The maximum Gasteiger partial charge on any atom is 0.398 e. The Bertz CT molecular complexity index is 257. The molecular weight excluding hydrogens is 191 g/mol. The zero-order valence-corrected chi connectivity index (χ0v) is 6.98. The van der Waals surface area contributed by atoms with Gasteiger partial charge in [0.2, 0.25) is 0 Å². The molecule has 3 nitrogen and oxygen atoms in total. The molecule has 0 spiro atoms. The monoisotopic (exact) mass is 197 g/mol. The van der Waals surface area contributed by atoms with Crippen LogP contribution in [0.15, 0.2) is 11.5 Å². The molecule has 0 atom stereocenters. The van der Waals surface area contributed by atoms with Gasteiger partial charge in [-0.2, -0.15) is 13.2 Å². The van der Waals surface area contributed by atoms with Crippen LogP contribution in [-0.2, 0) is 7.05 Å². The van der Waals surface area contributed by atoms with Gasteiger partial charge in [-0.15, -0.1) is 10.2 Å². The molecule has 1 rings (SSSR count). The van der Waals surface area contributed by atoms with Gasteiger partial charge in [-0.3, -0.25) is 0 Å². The summed E-state index contributed by atoms with van der Waals surface area (Å²) in [5, 5.41) is 7.21. The van der Waals surface area contributed by atoms with Crippen molar-refractivity contribution in [3.8, 4) is 0 Å². The summed E-state index contributed by atoms with van der Waals surface area (Å²) in [7, 11) is 1.60. The number of hydrogen-bond acceptors (Lipinski definition) is 3. The predicted molar refractivity (Wildman–Crippen MR) is 37.8 cm³/mol. The molecule has 1 aromatic rings. The molecule has 1 aromatic heterocycles. The van der Waals surface area contributed by atoms with E-state index in [1.807, 2.05) is 0 Å². The van der Waals surface area contributed by atoms with E-state index in [1.165, 1.54) is 10.9 Å². The average Bonchev–Trinajstić information content (AvgIpc) is 2.29. The Morgan fingerprint density at radius 3 is 2.67 bits per heavy atom. The van der Waals surface area contributed by atoms with Gasteiger partial charge in [0.25, 0.3) is 0 Å². The molecule has 0 N–H and O–H groups in total. The van der Waals surface area contributed by atoms with E-state index in [1.54, 1.807) is 7.05 Å². The second-order valence-corrected chi connectivity index (χ2v) is 3.07. The van der Waals surface area contributed by atoms with Gasteiger partial charge in [-0.25, -0.2) is 0 Å². The number of rotatable bonds is 2. The first kappa shape index (κ1) is 9.37. The van der Waals surface area contributed by atoms with Crippen LogP contribution >= 0.6 is 11.8 Å². The molecule has 0 fully saturated rings. The molecule has 0 aliphatic heterocycles. The lowest BCUT2D eigenvalue weighted by atomic mass is 10.8. The number of alkyl halides is 3. The second kappa shape index (κ2) is 3.34. The Kier molecular flexibility index (Phi) is 2.61. The topological polar surface area (TPSA) is 30.7 Å². The molecule has 0 radical (unpaired) electrons. The van der Waals surface area contributed by atoms with Gasteiger partial charge < -0.3 is 4.57 Å². The highest BCUT2D eigenvalue weighted by Crippen LogP contribution is 2.25. The quantitative estimate of drug-likeness (QED) is 0.672. The normalized spacial score (nSPS) is 12.0. The Hall–Kier alpha value is -0.720. The molecule has 0 saturated heterocycles. The molecule has 68 valence electrons. The van der Waals surface area contributed by atoms with E-state index in [4.69, 9.17) is 0 Å². The molecule has 7 heteroatoms. The van der Waals surface area contributed by atoms with Gasteiger partial charge in [-0.05, 0) is 0 Å². The van der Waals surface area contributed by atoms with Crippen LogP contribution in [-0.4, -0.2) is 26.7 Å². The highest BCUT2D eigenvalue weighted by Gasteiger charge is 2.28. The number of aromatic nitrogens is 3. The first-order valence-electron chi connectivity index (χ1n) is 3.02. The Morgan fingerprint density at radius 2 is 2.25 bits per heavy atom. The number of thioether (sulfide) groups is 1. The zero-order chi connectivity index (χ0) is 9.19. The fraction of sp³-hybridized carbons (Fsp3) is 0.600. The average molecular weight is 197 g/mol. The van der Waals surface area contributed by atoms with Crippen LogP contribution in [0.1, 0.15) is 0 Å². The standard InChI is InChI=1S/C5H6F3N3S/c1-11-3-9-10-4(11)12-2-5(6,7)8/h3H,2H2,1H3. The summed E-state index contributed by atoms with van der Waals surface area (Å²) < 4.78 is 36.5. The molecule has 12 heavy (non-hydrogen) atoms. The maximum atomic E-state index is 11.7. The van der Waals surface area contributed by atoms with Crippen LogP contribution in [0.3, 0.4) is 0 Å². The lowest BCUT2D eigenvalue weighted by Crippen LogP contribution is -2.11. The molecule has 0 amide bonds. The number of nitrogens with zero attached hydrogens (tertiary/aromatic N) is 3. The van der Waals surface area contributed by atoms with Gasteiger partial charge in [-0.1, -0.05) is 11.8 Å². The third-order valence-electron chi connectivity index (χ3n) is 1.03. The van der Waals surface area contributed by atoms with Crippen molar-refractivity contribution in [1.29, 1.82) is 0 Å². The van der Waals surface area contributed by atoms with Crippen molar-refractivity contribution in [1.82, 2.24) is 14.8 Å². The lowest BCUT2D eigenvalue weighted by molar-refractivity contribution is -0.105. The van der Waals surface area contributed by atoms with Crippen LogP contribution in [0.4, 0.5) is 13.2 Å². The minimum atomic E-state index is -4.16. The van der Waals surface area contributed by atoms with Crippen molar-refractivity contribution in [3.63, 3.8) is 0 Å². The predicted octanol–water partition coefficient (Wildman–Crippen LogP) is 1.47. The van der Waals surface area contributed by atoms with Crippen LogP contribution < -0.4 is 0 Å². The minimum Gasteiger partial charge on any atom is -0.312 e. The number of aryl methyl sites for hydroxylation is 1. The van der Waals surface area contributed by atoms with Crippen LogP contribution in [0, 0.1) is 0 Å². The van der Waals surface area contributed by atoms with Gasteiger partial charge in [0.05, 0.1) is 5.75 Å². The largest absolute Gasteiger partial charge is 0.398 e. The van der Waals surface area contributed by atoms with Gasteiger partial charge >= 0.3 is 6.18 Å². The molecule has 1 heterocycles. The lowest BCUT2D eigenvalue weighted by Gasteiger charge is -2.03. The first-order chi connectivity index (χ1) is 5.49. The smallest absolute Gasteiger partial charge is 0.312 e. The summed E-state index contributed by atoms with van der Waals surface area (Å²) in [4.78, 5) is 0. The maximum absolute atomic E-state index is 11.7. The zero-order valence-electron chi connectivity index (χ0n) is 6.17. The summed E-state index contributed by atoms with van der Waals surface area (Å²) in [6.45, 7) is 0. The minimum absolute atomic E-state index is 0.271. The third kappa shape index (κ3) is 2.72.